The molecule has 2 N–H and O–H groups in total. The SMILES string of the molecule is CC.CC.CNc1cc2c(=O)c3ccccc3[nH]c2c2c1C(=O)c1ccccc1C2=O. The molecule has 5 heteroatoms. The highest BCUT2D eigenvalue weighted by atomic mass is 16.1. The Hall–Kier alpha value is -3.73. The zero-order chi connectivity index (χ0) is 22.7. The number of fused-ring (bicyclic) bond motifs is 5. The van der Waals surface area contributed by atoms with Crippen LogP contribution in [0.5, 0.6) is 0 Å². The number of benzene rings is 3. The van der Waals surface area contributed by atoms with Crippen LogP contribution in [0.4, 0.5) is 5.69 Å². The smallest absolute Gasteiger partial charge is 0.197 e. The standard InChI is InChI=1S/C22H14N2O3.2C2H6/c1-23-16-10-14-19(24-15-9-5-4-8-13(15)20(14)25)18-17(16)21(26)11-6-2-3-7-12(11)22(18)27;2*1-2/h2-10,23H,1H3,(H,24,25);2*1-2H3. The van der Waals surface area contributed by atoms with E-state index < -0.39 is 0 Å². The van der Waals surface area contributed by atoms with Crippen molar-refractivity contribution in [3.05, 3.63) is 87.1 Å². The first kappa shape index (κ1) is 22.0. The number of pyridine rings is 1. The van der Waals surface area contributed by atoms with E-state index in [0.717, 1.165) is 0 Å². The monoisotopic (exact) mass is 414 g/mol. The first-order chi connectivity index (χ1) is 15.1. The highest BCUT2D eigenvalue weighted by Gasteiger charge is 2.34. The zero-order valence-electron chi connectivity index (χ0n) is 18.4. The first-order valence-electron chi connectivity index (χ1n) is 10.6. The molecule has 0 aliphatic heterocycles. The van der Waals surface area contributed by atoms with Crippen molar-refractivity contribution in [2.75, 3.05) is 12.4 Å². The quantitative estimate of drug-likeness (QED) is 0.353. The molecule has 158 valence electrons. The van der Waals surface area contributed by atoms with Gasteiger partial charge < -0.3 is 10.3 Å². The van der Waals surface area contributed by atoms with Gasteiger partial charge in [-0.1, -0.05) is 64.1 Å². The third-order valence-corrected chi connectivity index (χ3v) is 5.14. The predicted molar refractivity (Wildman–Crippen MR) is 128 cm³/mol. The van der Waals surface area contributed by atoms with Crippen LogP contribution in [0.3, 0.4) is 0 Å². The fourth-order valence-corrected chi connectivity index (χ4v) is 3.87. The molecule has 0 saturated carbocycles. The average molecular weight is 415 g/mol. The molecule has 0 spiro atoms. The Bertz CT molecular complexity index is 1370. The number of nitrogens with one attached hydrogen (secondary N) is 2. The van der Waals surface area contributed by atoms with E-state index in [1.54, 1.807) is 55.6 Å². The summed E-state index contributed by atoms with van der Waals surface area (Å²) in [7, 11) is 1.68. The summed E-state index contributed by atoms with van der Waals surface area (Å²) >= 11 is 0. The molecule has 4 aromatic rings. The summed E-state index contributed by atoms with van der Waals surface area (Å²) < 4.78 is 0. The van der Waals surface area contributed by atoms with E-state index in [-0.39, 0.29) is 22.6 Å². The van der Waals surface area contributed by atoms with Crippen molar-refractivity contribution in [2.24, 2.45) is 0 Å². The Labute approximate surface area is 181 Å². The molecule has 0 atom stereocenters. The molecule has 0 amide bonds. The van der Waals surface area contributed by atoms with E-state index in [1.165, 1.54) is 0 Å². The van der Waals surface area contributed by atoms with Crippen LogP contribution in [0.25, 0.3) is 21.8 Å². The van der Waals surface area contributed by atoms with E-state index in [0.29, 0.717) is 44.2 Å². The van der Waals surface area contributed by atoms with Crippen molar-refractivity contribution < 1.29 is 9.59 Å². The summed E-state index contributed by atoms with van der Waals surface area (Å²) in [5.74, 6) is -0.478. The number of hydrogen-bond acceptors (Lipinski definition) is 4. The van der Waals surface area contributed by atoms with Crippen molar-refractivity contribution in [1.82, 2.24) is 4.98 Å². The van der Waals surface area contributed by atoms with E-state index in [1.807, 2.05) is 33.8 Å². The number of aromatic amines is 1. The lowest BCUT2D eigenvalue weighted by Gasteiger charge is -2.22. The number of rotatable bonds is 1. The minimum atomic E-state index is -0.256. The summed E-state index contributed by atoms with van der Waals surface area (Å²) in [5, 5.41) is 3.91. The van der Waals surface area contributed by atoms with Crippen LogP contribution in [-0.4, -0.2) is 23.6 Å². The van der Waals surface area contributed by atoms with Crippen LogP contribution in [0.15, 0.2) is 59.4 Å². The number of aromatic nitrogens is 1. The number of anilines is 1. The minimum absolute atomic E-state index is 0.169. The summed E-state index contributed by atoms with van der Waals surface area (Å²) in [6, 6.07) is 15.6. The van der Waals surface area contributed by atoms with Gasteiger partial charge in [-0.25, -0.2) is 0 Å². The van der Waals surface area contributed by atoms with Gasteiger partial charge in [0.25, 0.3) is 0 Å². The second kappa shape index (κ2) is 8.96. The maximum absolute atomic E-state index is 13.3. The molecule has 1 aliphatic carbocycles. The Morgan fingerprint density at radius 1 is 0.710 bits per heavy atom. The fraction of sp³-hybridized carbons (Fsp3) is 0.192. The second-order valence-electron chi connectivity index (χ2n) is 6.55. The molecule has 1 aliphatic rings. The number of H-pyrrole nitrogens is 1. The lowest BCUT2D eigenvalue weighted by Crippen LogP contribution is -2.24. The summed E-state index contributed by atoms with van der Waals surface area (Å²) in [6.07, 6.45) is 0. The van der Waals surface area contributed by atoms with Gasteiger partial charge in [0.2, 0.25) is 0 Å². The van der Waals surface area contributed by atoms with Crippen molar-refractivity contribution in [3.63, 3.8) is 0 Å². The molecule has 0 unspecified atom stereocenters. The van der Waals surface area contributed by atoms with Gasteiger partial charge in [0, 0.05) is 40.2 Å². The summed E-state index contributed by atoms with van der Waals surface area (Å²) in [4.78, 5) is 42.7. The van der Waals surface area contributed by atoms with E-state index in [4.69, 9.17) is 0 Å². The molecule has 31 heavy (non-hydrogen) atoms. The number of hydrogen-bond donors (Lipinski definition) is 2. The summed E-state index contributed by atoms with van der Waals surface area (Å²) in [5.41, 5.74) is 2.65. The first-order valence-corrected chi connectivity index (χ1v) is 10.6. The molecule has 0 radical (unpaired) electrons. The topological polar surface area (TPSA) is 79.0 Å². The van der Waals surface area contributed by atoms with E-state index in [2.05, 4.69) is 10.3 Å². The zero-order valence-corrected chi connectivity index (χ0v) is 18.4. The van der Waals surface area contributed by atoms with Gasteiger partial charge in [-0.3, -0.25) is 14.4 Å². The van der Waals surface area contributed by atoms with Crippen LogP contribution in [0.2, 0.25) is 0 Å². The largest absolute Gasteiger partial charge is 0.387 e. The Morgan fingerprint density at radius 2 is 1.26 bits per heavy atom. The van der Waals surface area contributed by atoms with Crippen molar-refractivity contribution in [1.29, 1.82) is 0 Å². The molecular formula is C26H26N2O3. The number of carbonyl (C=O) groups is 2. The third-order valence-electron chi connectivity index (χ3n) is 5.14. The average Bonchev–Trinajstić information content (AvgIpc) is 2.84. The fourth-order valence-electron chi connectivity index (χ4n) is 3.87. The highest BCUT2D eigenvalue weighted by molar-refractivity contribution is 6.33. The molecule has 5 nitrogen and oxygen atoms in total. The van der Waals surface area contributed by atoms with E-state index >= 15 is 0 Å². The van der Waals surface area contributed by atoms with Gasteiger partial charge in [0.15, 0.2) is 17.0 Å². The molecule has 0 saturated heterocycles. The molecule has 0 bridgehead atoms. The lowest BCUT2D eigenvalue weighted by atomic mass is 9.81. The van der Waals surface area contributed by atoms with Crippen molar-refractivity contribution >= 4 is 39.1 Å². The Kier molecular flexibility index (Phi) is 6.35. The van der Waals surface area contributed by atoms with Gasteiger partial charge >= 0.3 is 0 Å². The molecular weight excluding hydrogens is 388 g/mol. The van der Waals surface area contributed by atoms with E-state index in [9.17, 15) is 14.4 Å². The van der Waals surface area contributed by atoms with Crippen LogP contribution in [-0.2, 0) is 0 Å². The van der Waals surface area contributed by atoms with Gasteiger partial charge in [0.05, 0.1) is 16.6 Å². The van der Waals surface area contributed by atoms with Crippen LogP contribution in [0.1, 0.15) is 59.5 Å². The Morgan fingerprint density at radius 3 is 1.87 bits per heavy atom. The predicted octanol–water partition coefficient (Wildman–Crippen LogP) is 5.55. The number of para-hydroxylation sites is 1. The summed E-state index contributed by atoms with van der Waals surface area (Å²) in [6.45, 7) is 8.00. The molecule has 5 rings (SSSR count). The van der Waals surface area contributed by atoms with Crippen LogP contribution >= 0.6 is 0 Å². The minimum Gasteiger partial charge on any atom is -0.387 e. The molecule has 1 heterocycles. The highest BCUT2D eigenvalue weighted by Crippen LogP contribution is 2.36. The number of carbonyl (C=O) groups excluding carboxylic acids is 2. The van der Waals surface area contributed by atoms with Gasteiger partial charge in [-0.05, 0) is 18.2 Å². The third kappa shape index (κ3) is 3.32. The maximum atomic E-state index is 13.3. The van der Waals surface area contributed by atoms with Crippen LogP contribution < -0.4 is 10.7 Å². The van der Waals surface area contributed by atoms with Gasteiger partial charge in [-0.15, -0.1) is 0 Å². The Balaban J connectivity index is 0.000000645. The van der Waals surface area contributed by atoms with Gasteiger partial charge in [0.1, 0.15) is 0 Å². The van der Waals surface area contributed by atoms with Crippen LogP contribution in [0, 0.1) is 0 Å². The normalized spacial score (nSPS) is 11.6. The van der Waals surface area contributed by atoms with Gasteiger partial charge in [-0.2, -0.15) is 0 Å². The number of ketones is 2. The lowest BCUT2D eigenvalue weighted by molar-refractivity contribution is 0.0981. The molecule has 3 aromatic carbocycles. The van der Waals surface area contributed by atoms with Crippen molar-refractivity contribution in [2.45, 2.75) is 27.7 Å². The molecule has 0 fully saturated rings. The van der Waals surface area contributed by atoms with Crippen molar-refractivity contribution in [3.8, 4) is 0 Å². The molecule has 1 aromatic heterocycles. The maximum Gasteiger partial charge on any atom is 0.197 e. The second-order valence-corrected chi connectivity index (χ2v) is 6.55.